The van der Waals surface area contributed by atoms with Crippen molar-refractivity contribution >= 4 is 33.4 Å². The standard InChI is InChI=1S/C18H26N2O3S2/c1-3-13-20(25(2,22)23)16-10-8-15(9-11-16)18(21)19-12-14-24-17-6-4-5-7-17/h3,8-11,17H,1,4-7,12-14H2,2H3,(H,19,21). The summed E-state index contributed by atoms with van der Waals surface area (Å²) in [5.74, 6) is 0.795. The molecule has 2 rings (SSSR count). The molecule has 1 aromatic rings. The van der Waals surface area contributed by atoms with Crippen LogP contribution in [0.15, 0.2) is 36.9 Å². The lowest BCUT2D eigenvalue weighted by Crippen LogP contribution is -2.30. The smallest absolute Gasteiger partial charge is 0.251 e. The summed E-state index contributed by atoms with van der Waals surface area (Å²) in [5, 5.41) is 3.67. The molecule has 0 aromatic heterocycles. The first-order valence-corrected chi connectivity index (χ1v) is 11.4. The van der Waals surface area contributed by atoms with Gasteiger partial charge in [0, 0.05) is 23.1 Å². The Morgan fingerprint density at radius 1 is 1.32 bits per heavy atom. The van der Waals surface area contributed by atoms with Crippen molar-refractivity contribution in [3.63, 3.8) is 0 Å². The van der Waals surface area contributed by atoms with Gasteiger partial charge in [-0.25, -0.2) is 8.42 Å². The van der Waals surface area contributed by atoms with Crippen molar-refractivity contribution in [1.82, 2.24) is 5.32 Å². The topological polar surface area (TPSA) is 66.5 Å². The molecule has 5 nitrogen and oxygen atoms in total. The SMILES string of the molecule is C=CCN(c1ccc(C(=O)NCCSC2CCCC2)cc1)S(C)(=O)=O. The van der Waals surface area contributed by atoms with Gasteiger partial charge in [0.05, 0.1) is 18.5 Å². The van der Waals surface area contributed by atoms with Gasteiger partial charge < -0.3 is 5.32 Å². The molecule has 0 spiro atoms. The summed E-state index contributed by atoms with van der Waals surface area (Å²) in [6, 6.07) is 6.59. The number of nitrogens with zero attached hydrogens (tertiary/aromatic N) is 1. The highest BCUT2D eigenvalue weighted by molar-refractivity contribution is 7.99. The van der Waals surface area contributed by atoms with E-state index in [1.807, 2.05) is 11.8 Å². The molecular weight excluding hydrogens is 356 g/mol. The van der Waals surface area contributed by atoms with Crippen molar-refractivity contribution in [2.45, 2.75) is 30.9 Å². The number of benzene rings is 1. The number of amides is 1. The number of carbonyl (C=O) groups excluding carboxylic acids is 1. The van der Waals surface area contributed by atoms with Crippen LogP contribution < -0.4 is 9.62 Å². The fraction of sp³-hybridized carbons (Fsp3) is 0.500. The lowest BCUT2D eigenvalue weighted by molar-refractivity contribution is 0.0956. The largest absolute Gasteiger partial charge is 0.351 e. The molecule has 0 bridgehead atoms. The number of hydrogen-bond donors (Lipinski definition) is 1. The number of sulfonamides is 1. The monoisotopic (exact) mass is 382 g/mol. The Morgan fingerprint density at radius 3 is 2.52 bits per heavy atom. The van der Waals surface area contributed by atoms with Crippen molar-refractivity contribution in [1.29, 1.82) is 0 Å². The number of thioether (sulfide) groups is 1. The van der Waals surface area contributed by atoms with Gasteiger partial charge in [-0.3, -0.25) is 9.10 Å². The maximum absolute atomic E-state index is 12.2. The number of rotatable bonds is 9. The molecule has 1 amide bonds. The zero-order valence-electron chi connectivity index (χ0n) is 14.6. The zero-order valence-corrected chi connectivity index (χ0v) is 16.2. The summed E-state index contributed by atoms with van der Waals surface area (Å²) in [6.07, 6.45) is 7.92. The van der Waals surface area contributed by atoms with Crippen LogP contribution in [0.5, 0.6) is 0 Å². The normalized spacial score (nSPS) is 15.1. The molecule has 7 heteroatoms. The Hall–Kier alpha value is -1.47. The first-order valence-electron chi connectivity index (χ1n) is 8.50. The van der Waals surface area contributed by atoms with Gasteiger partial charge in [0.25, 0.3) is 5.91 Å². The second-order valence-corrected chi connectivity index (χ2v) is 9.48. The van der Waals surface area contributed by atoms with E-state index in [1.54, 1.807) is 24.3 Å². The zero-order chi connectivity index (χ0) is 18.3. The quantitative estimate of drug-likeness (QED) is 0.527. The van der Waals surface area contributed by atoms with Crippen molar-refractivity contribution in [2.24, 2.45) is 0 Å². The van der Waals surface area contributed by atoms with E-state index in [0.29, 0.717) is 17.8 Å². The third-order valence-corrected chi connectivity index (χ3v) is 6.70. The Balaban J connectivity index is 1.87. The molecule has 1 aliphatic carbocycles. The van der Waals surface area contributed by atoms with Crippen LogP contribution in [0.25, 0.3) is 0 Å². The minimum absolute atomic E-state index is 0.131. The van der Waals surface area contributed by atoms with Crippen LogP contribution in [0.2, 0.25) is 0 Å². The van der Waals surface area contributed by atoms with Crippen LogP contribution in [-0.2, 0) is 10.0 Å². The van der Waals surface area contributed by atoms with E-state index in [-0.39, 0.29) is 12.5 Å². The molecule has 1 N–H and O–H groups in total. The highest BCUT2D eigenvalue weighted by Gasteiger charge is 2.17. The van der Waals surface area contributed by atoms with Crippen molar-refractivity contribution in [3.05, 3.63) is 42.5 Å². The molecule has 0 heterocycles. The van der Waals surface area contributed by atoms with E-state index in [9.17, 15) is 13.2 Å². The third-order valence-electron chi connectivity index (χ3n) is 4.16. The van der Waals surface area contributed by atoms with Crippen LogP contribution in [0, 0.1) is 0 Å². The molecule has 25 heavy (non-hydrogen) atoms. The fourth-order valence-corrected chi connectivity index (χ4v) is 4.98. The van der Waals surface area contributed by atoms with E-state index in [1.165, 1.54) is 36.1 Å². The molecule has 1 fully saturated rings. The molecule has 0 aliphatic heterocycles. The predicted octanol–water partition coefficient (Wildman–Crippen LogP) is 3.04. The number of carbonyl (C=O) groups is 1. The van der Waals surface area contributed by atoms with Crippen LogP contribution in [-0.4, -0.2) is 44.7 Å². The number of hydrogen-bond acceptors (Lipinski definition) is 4. The second-order valence-electron chi connectivity index (χ2n) is 6.16. The van der Waals surface area contributed by atoms with Crippen LogP contribution in [0.1, 0.15) is 36.0 Å². The lowest BCUT2D eigenvalue weighted by atomic mass is 10.2. The molecule has 0 unspecified atom stereocenters. The summed E-state index contributed by atoms with van der Waals surface area (Å²) in [7, 11) is -3.38. The molecule has 0 atom stereocenters. The van der Waals surface area contributed by atoms with Crippen LogP contribution in [0.4, 0.5) is 5.69 Å². The highest BCUT2D eigenvalue weighted by Crippen LogP contribution is 2.28. The minimum Gasteiger partial charge on any atom is -0.351 e. The Kier molecular flexibility index (Phi) is 7.38. The minimum atomic E-state index is -3.38. The Labute approximate surface area is 154 Å². The van der Waals surface area contributed by atoms with Crippen LogP contribution in [0.3, 0.4) is 0 Å². The van der Waals surface area contributed by atoms with Gasteiger partial charge in [-0.05, 0) is 37.1 Å². The van der Waals surface area contributed by atoms with E-state index in [2.05, 4.69) is 11.9 Å². The molecule has 0 radical (unpaired) electrons. The molecule has 1 aliphatic rings. The van der Waals surface area contributed by atoms with E-state index < -0.39 is 10.0 Å². The Bertz CT molecular complexity index is 681. The number of anilines is 1. The van der Waals surface area contributed by atoms with Gasteiger partial charge in [0.1, 0.15) is 0 Å². The predicted molar refractivity (Wildman–Crippen MR) is 106 cm³/mol. The van der Waals surface area contributed by atoms with Gasteiger partial charge in [-0.1, -0.05) is 18.9 Å². The first-order chi connectivity index (χ1) is 11.9. The van der Waals surface area contributed by atoms with Crippen molar-refractivity contribution in [2.75, 3.05) is 29.4 Å². The molecule has 1 aromatic carbocycles. The summed E-state index contributed by atoms with van der Waals surface area (Å²) in [6.45, 7) is 4.43. The van der Waals surface area contributed by atoms with E-state index in [4.69, 9.17) is 0 Å². The van der Waals surface area contributed by atoms with Gasteiger partial charge >= 0.3 is 0 Å². The number of nitrogens with one attached hydrogen (secondary N) is 1. The second kappa shape index (κ2) is 9.29. The molecule has 1 saturated carbocycles. The maximum Gasteiger partial charge on any atom is 0.251 e. The maximum atomic E-state index is 12.2. The molecule has 0 saturated heterocycles. The van der Waals surface area contributed by atoms with Gasteiger partial charge in [0.15, 0.2) is 0 Å². The molecular formula is C18H26N2O3S2. The van der Waals surface area contributed by atoms with Gasteiger partial charge in [-0.15, -0.1) is 6.58 Å². The average molecular weight is 383 g/mol. The van der Waals surface area contributed by atoms with Crippen LogP contribution >= 0.6 is 11.8 Å². The summed E-state index contributed by atoms with van der Waals surface area (Å²) < 4.78 is 24.9. The summed E-state index contributed by atoms with van der Waals surface area (Å²) in [5.41, 5.74) is 1.05. The van der Waals surface area contributed by atoms with Crippen molar-refractivity contribution < 1.29 is 13.2 Å². The van der Waals surface area contributed by atoms with Gasteiger partial charge in [-0.2, -0.15) is 11.8 Å². The van der Waals surface area contributed by atoms with Crippen molar-refractivity contribution in [3.8, 4) is 0 Å². The fourth-order valence-electron chi connectivity index (χ4n) is 2.88. The van der Waals surface area contributed by atoms with E-state index in [0.717, 1.165) is 17.3 Å². The summed E-state index contributed by atoms with van der Waals surface area (Å²) >= 11 is 1.94. The highest BCUT2D eigenvalue weighted by atomic mass is 32.2. The summed E-state index contributed by atoms with van der Waals surface area (Å²) in [4.78, 5) is 12.2. The third kappa shape index (κ3) is 6.08. The van der Waals surface area contributed by atoms with Gasteiger partial charge in [0.2, 0.25) is 10.0 Å². The average Bonchev–Trinajstić information content (AvgIpc) is 3.09. The Morgan fingerprint density at radius 2 is 1.96 bits per heavy atom. The molecule has 138 valence electrons. The first kappa shape index (κ1) is 19.8. The lowest BCUT2D eigenvalue weighted by Gasteiger charge is -2.20. The van der Waals surface area contributed by atoms with E-state index >= 15 is 0 Å².